The lowest BCUT2D eigenvalue weighted by atomic mass is 9.84. The maximum Gasteiger partial charge on any atom is 0.191 e. The molecule has 0 saturated heterocycles. The van der Waals surface area contributed by atoms with Crippen LogP contribution in [0.25, 0.3) is 0 Å². The van der Waals surface area contributed by atoms with Gasteiger partial charge in [0.25, 0.3) is 0 Å². The first kappa shape index (κ1) is 21.2. The molecule has 0 spiro atoms. The van der Waals surface area contributed by atoms with E-state index in [2.05, 4.69) is 39.7 Å². The van der Waals surface area contributed by atoms with Crippen molar-refractivity contribution in [1.29, 1.82) is 0 Å². The molecule has 1 aromatic heterocycles. The molecule has 148 valence electrons. The molecule has 0 aliphatic carbocycles. The highest BCUT2D eigenvalue weighted by Gasteiger charge is 2.23. The molecule has 2 N–H and O–H groups in total. The molecule has 0 bridgehead atoms. The van der Waals surface area contributed by atoms with Crippen LogP contribution in [-0.2, 0) is 12.0 Å². The van der Waals surface area contributed by atoms with Crippen LogP contribution in [0.5, 0.6) is 0 Å². The van der Waals surface area contributed by atoms with Gasteiger partial charge >= 0.3 is 0 Å². The van der Waals surface area contributed by atoms with E-state index in [0.717, 1.165) is 44.0 Å². The van der Waals surface area contributed by atoms with Crippen LogP contribution in [-0.4, -0.2) is 40.4 Å². The van der Waals surface area contributed by atoms with Crippen LogP contribution in [0.2, 0.25) is 5.02 Å². The lowest BCUT2D eigenvalue weighted by Crippen LogP contribution is -2.39. The first-order valence-corrected chi connectivity index (χ1v) is 9.60. The van der Waals surface area contributed by atoms with E-state index in [0.29, 0.717) is 11.6 Å². The molecule has 0 aliphatic rings. The van der Waals surface area contributed by atoms with Gasteiger partial charge in [-0.05, 0) is 37.5 Å². The van der Waals surface area contributed by atoms with E-state index in [-0.39, 0.29) is 11.2 Å². The fraction of sp³-hybridized carbons (Fsp3) is 0.526. The number of halogens is 2. The maximum atomic E-state index is 13.3. The zero-order chi connectivity index (χ0) is 19.7. The lowest BCUT2D eigenvalue weighted by Gasteiger charge is -2.25. The summed E-state index contributed by atoms with van der Waals surface area (Å²) in [6.07, 6.45) is 5.49. The van der Waals surface area contributed by atoms with Crippen molar-refractivity contribution in [3.05, 3.63) is 47.3 Å². The van der Waals surface area contributed by atoms with Gasteiger partial charge in [0.1, 0.15) is 18.5 Å². The Morgan fingerprint density at radius 1 is 1.22 bits per heavy atom. The minimum absolute atomic E-state index is 0.304. The molecule has 6 nitrogen and oxygen atoms in total. The normalized spacial score (nSPS) is 12.3. The molecule has 27 heavy (non-hydrogen) atoms. The van der Waals surface area contributed by atoms with E-state index < -0.39 is 0 Å². The van der Waals surface area contributed by atoms with Crippen LogP contribution in [0.15, 0.2) is 35.8 Å². The number of hydrogen-bond donors (Lipinski definition) is 2. The standard InChI is InChI=1S/C19H28ClFN6/c1-4-22-18(23-9-5-6-10-27-13-25-26-14-27)24-12-19(2,3)16-8-7-15(21)11-17(16)20/h7-8,11,13-14H,4-6,9-10,12H2,1-3H3,(H2,22,23,24). The third-order valence-electron chi connectivity index (χ3n) is 4.24. The summed E-state index contributed by atoms with van der Waals surface area (Å²) in [5, 5.41) is 14.6. The Kier molecular flexibility index (Phi) is 8.03. The van der Waals surface area contributed by atoms with Crippen molar-refractivity contribution in [2.45, 2.75) is 45.6 Å². The van der Waals surface area contributed by atoms with Gasteiger partial charge in [-0.1, -0.05) is 31.5 Å². The Morgan fingerprint density at radius 3 is 2.63 bits per heavy atom. The third kappa shape index (κ3) is 6.82. The predicted octanol–water partition coefficient (Wildman–Crippen LogP) is 3.38. The second-order valence-electron chi connectivity index (χ2n) is 7.04. The van der Waals surface area contributed by atoms with Gasteiger partial charge in [-0.25, -0.2) is 4.39 Å². The highest BCUT2D eigenvalue weighted by atomic mass is 35.5. The molecule has 0 aliphatic heterocycles. The summed E-state index contributed by atoms with van der Waals surface area (Å²) in [5.41, 5.74) is 0.584. The van der Waals surface area contributed by atoms with E-state index in [1.807, 2.05) is 11.5 Å². The van der Waals surface area contributed by atoms with Gasteiger partial charge < -0.3 is 15.2 Å². The monoisotopic (exact) mass is 394 g/mol. The number of benzene rings is 1. The summed E-state index contributed by atoms with van der Waals surface area (Å²) in [6.45, 7) is 9.19. The second-order valence-corrected chi connectivity index (χ2v) is 7.44. The summed E-state index contributed by atoms with van der Waals surface area (Å²) in [7, 11) is 0. The summed E-state index contributed by atoms with van der Waals surface area (Å²) in [6, 6.07) is 4.52. The summed E-state index contributed by atoms with van der Waals surface area (Å²) < 4.78 is 15.3. The van der Waals surface area contributed by atoms with Crippen molar-refractivity contribution < 1.29 is 4.39 Å². The lowest BCUT2D eigenvalue weighted by molar-refractivity contribution is 0.534. The smallest absolute Gasteiger partial charge is 0.191 e. The number of aliphatic imine (C=N–C) groups is 1. The van der Waals surface area contributed by atoms with Gasteiger partial charge in [0, 0.05) is 30.1 Å². The van der Waals surface area contributed by atoms with Crippen molar-refractivity contribution in [3.63, 3.8) is 0 Å². The van der Waals surface area contributed by atoms with E-state index in [1.165, 1.54) is 12.1 Å². The Labute approximate surface area is 165 Å². The number of nitrogens with zero attached hydrogens (tertiary/aromatic N) is 4. The average Bonchev–Trinajstić information content (AvgIpc) is 3.12. The number of aryl methyl sites for hydroxylation is 1. The summed E-state index contributed by atoms with van der Waals surface area (Å²) >= 11 is 6.22. The van der Waals surface area contributed by atoms with Crippen LogP contribution in [0.3, 0.4) is 0 Å². The molecule has 0 fully saturated rings. The Morgan fingerprint density at radius 2 is 1.96 bits per heavy atom. The van der Waals surface area contributed by atoms with Crippen molar-refractivity contribution in [1.82, 2.24) is 25.4 Å². The molecule has 2 rings (SSSR count). The van der Waals surface area contributed by atoms with Crippen molar-refractivity contribution in [2.75, 3.05) is 19.6 Å². The van der Waals surface area contributed by atoms with Crippen molar-refractivity contribution in [2.24, 2.45) is 4.99 Å². The minimum Gasteiger partial charge on any atom is -0.357 e. The van der Waals surface area contributed by atoms with Crippen LogP contribution >= 0.6 is 11.6 Å². The van der Waals surface area contributed by atoms with Crippen LogP contribution in [0, 0.1) is 5.82 Å². The second kappa shape index (κ2) is 10.3. The number of unbranched alkanes of at least 4 members (excludes halogenated alkanes) is 1. The fourth-order valence-corrected chi connectivity index (χ4v) is 3.13. The topological polar surface area (TPSA) is 67.1 Å². The first-order chi connectivity index (χ1) is 12.9. The summed E-state index contributed by atoms with van der Waals surface area (Å²) in [4.78, 5) is 4.69. The predicted molar refractivity (Wildman–Crippen MR) is 108 cm³/mol. The maximum absolute atomic E-state index is 13.3. The zero-order valence-corrected chi connectivity index (χ0v) is 16.9. The molecule has 0 unspecified atom stereocenters. The van der Waals surface area contributed by atoms with Crippen LogP contribution < -0.4 is 10.6 Å². The van der Waals surface area contributed by atoms with Gasteiger partial charge in [0.15, 0.2) is 5.96 Å². The zero-order valence-electron chi connectivity index (χ0n) is 16.2. The van der Waals surface area contributed by atoms with Crippen LogP contribution in [0.1, 0.15) is 39.2 Å². The van der Waals surface area contributed by atoms with Crippen molar-refractivity contribution in [3.8, 4) is 0 Å². The number of rotatable bonds is 9. The molecule has 0 saturated carbocycles. The van der Waals surface area contributed by atoms with Gasteiger partial charge in [-0.3, -0.25) is 4.99 Å². The van der Waals surface area contributed by atoms with E-state index in [9.17, 15) is 4.39 Å². The number of aromatic nitrogens is 3. The largest absolute Gasteiger partial charge is 0.357 e. The molecule has 0 amide bonds. The highest BCUT2D eigenvalue weighted by Crippen LogP contribution is 2.30. The Hall–Kier alpha value is -2.15. The van der Waals surface area contributed by atoms with Crippen LogP contribution in [0.4, 0.5) is 4.39 Å². The highest BCUT2D eigenvalue weighted by molar-refractivity contribution is 6.31. The van der Waals surface area contributed by atoms with Gasteiger partial charge in [0.2, 0.25) is 0 Å². The molecule has 0 atom stereocenters. The van der Waals surface area contributed by atoms with Gasteiger partial charge in [-0.2, -0.15) is 0 Å². The third-order valence-corrected chi connectivity index (χ3v) is 4.55. The quantitative estimate of drug-likeness (QED) is 0.388. The summed E-state index contributed by atoms with van der Waals surface area (Å²) in [5.74, 6) is 0.442. The number of hydrogen-bond acceptors (Lipinski definition) is 3. The van der Waals surface area contributed by atoms with Gasteiger partial charge in [0.05, 0.1) is 6.54 Å². The first-order valence-electron chi connectivity index (χ1n) is 9.22. The minimum atomic E-state index is -0.329. The Balaban J connectivity index is 1.87. The number of guanidine groups is 1. The molecular weight excluding hydrogens is 367 g/mol. The molecule has 8 heteroatoms. The van der Waals surface area contributed by atoms with E-state index in [1.54, 1.807) is 18.7 Å². The fourth-order valence-electron chi connectivity index (χ4n) is 2.71. The molecular formula is C19H28ClFN6. The average molecular weight is 395 g/mol. The molecule has 1 heterocycles. The molecule has 1 aromatic carbocycles. The van der Waals surface area contributed by atoms with Gasteiger partial charge in [-0.15, -0.1) is 10.2 Å². The SMILES string of the molecule is CCNC(=NCC(C)(C)c1ccc(F)cc1Cl)NCCCCn1cnnc1. The Bertz CT molecular complexity index is 730. The van der Waals surface area contributed by atoms with E-state index in [4.69, 9.17) is 11.6 Å². The molecule has 2 aromatic rings. The van der Waals surface area contributed by atoms with E-state index >= 15 is 0 Å². The van der Waals surface area contributed by atoms with Crippen molar-refractivity contribution >= 4 is 17.6 Å². The molecule has 0 radical (unpaired) electrons. The number of nitrogens with one attached hydrogen (secondary N) is 2.